The molecule has 5 aromatic heterocycles. The average Bonchev–Trinajstić information content (AvgIpc) is 3.59. The van der Waals surface area contributed by atoms with Gasteiger partial charge in [-0.15, -0.1) is 0 Å². The normalized spacial score (nSPS) is 13.7. The van der Waals surface area contributed by atoms with E-state index in [0.29, 0.717) is 17.7 Å². The van der Waals surface area contributed by atoms with E-state index in [-0.39, 0.29) is 5.82 Å². The van der Waals surface area contributed by atoms with Gasteiger partial charge in [-0.25, -0.2) is 13.9 Å². The quantitative estimate of drug-likeness (QED) is 0.338. The van der Waals surface area contributed by atoms with E-state index < -0.39 is 0 Å². The third-order valence-electron chi connectivity index (χ3n) is 6.77. The van der Waals surface area contributed by atoms with E-state index in [4.69, 9.17) is 4.98 Å². The summed E-state index contributed by atoms with van der Waals surface area (Å²) in [5.41, 5.74) is 5.57. The Morgan fingerprint density at radius 3 is 2.51 bits per heavy atom. The SMILES string of the molecule is Cn1cc(-c2cc(-c3ccc(N4CCN(CC#Cc5cncc(F)c5)CC4)nc3)c3c(C#N)cnn3c2)cn1. The molecule has 0 spiro atoms. The number of pyridine rings is 3. The molecular weight excluding hydrogens is 493 g/mol. The molecule has 0 aliphatic carbocycles. The Morgan fingerprint density at radius 2 is 1.79 bits per heavy atom. The summed E-state index contributed by atoms with van der Waals surface area (Å²) in [6.07, 6.45) is 11.9. The van der Waals surface area contributed by atoms with E-state index in [1.165, 1.54) is 12.3 Å². The van der Waals surface area contributed by atoms with Crippen LogP contribution in [0.3, 0.4) is 0 Å². The van der Waals surface area contributed by atoms with Crippen molar-refractivity contribution in [1.29, 1.82) is 5.26 Å². The summed E-state index contributed by atoms with van der Waals surface area (Å²) in [5, 5.41) is 18.4. The molecule has 1 fully saturated rings. The molecule has 0 bridgehead atoms. The number of aromatic nitrogens is 6. The van der Waals surface area contributed by atoms with Crippen molar-refractivity contribution in [2.24, 2.45) is 7.05 Å². The number of nitrogens with zero attached hydrogens (tertiary/aromatic N) is 9. The lowest BCUT2D eigenvalue weighted by molar-refractivity contribution is 0.287. The molecule has 5 aromatic rings. The van der Waals surface area contributed by atoms with Crippen LogP contribution in [0.1, 0.15) is 11.1 Å². The predicted octanol–water partition coefficient (Wildman–Crippen LogP) is 3.38. The molecule has 0 aromatic carbocycles. The zero-order valence-corrected chi connectivity index (χ0v) is 21.3. The lowest BCUT2D eigenvalue weighted by atomic mass is 10.0. The molecular formula is C29H24FN9. The fourth-order valence-electron chi connectivity index (χ4n) is 4.75. The highest BCUT2D eigenvalue weighted by atomic mass is 19.1. The van der Waals surface area contributed by atoms with E-state index >= 15 is 0 Å². The highest BCUT2D eigenvalue weighted by molar-refractivity contribution is 5.87. The minimum Gasteiger partial charge on any atom is -0.354 e. The van der Waals surface area contributed by atoms with Gasteiger partial charge in [0, 0.05) is 85.8 Å². The lowest BCUT2D eigenvalue weighted by Gasteiger charge is -2.34. The summed E-state index contributed by atoms with van der Waals surface area (Å²) >= 11 is 0. The van der Waals surface area contributed by atoms with E-state index in [1.54, 1.807) is 21.6 Å². The summed E-state index contributed by atoms with van der Waals surface area (Å²) in [5.74, 6) is 6.63. The molecule has 1 aliphatic heterocycles. The molecule has 10 heteroatoms. The molecule has 1 saturated heterocycles. The second-order valence-electron chi connectivity index (χ2n) is 9.37. The molecule has 9 nitrogen and oxygen atoms in total. The van der Waals surface area contributed by atoms with E-state index in [0.717, 1.165) is 59.8 Å². The average molecular weight is 518 g/mol. The van der Waals surface area contributed by atoms with Crippen LogP contribution in [0.4, 0.5) is 10.2 Å². The molecule has 192 valence electrons. The minimum atomic E-state index is -0.379. The predicted molar refractivity (Wildman–Crippen MR) is 145 cm³/mol. The van der Waals surface area contributed by atoms with E-state index in [9.17, 15) is 9.65 Å². The Balaban J connectivity index is 1.18. The first-order valence-electron chi connectivity index (χ1n) is 12.5. The largest absolute Gasteiger partial charge is 0.354 e. The Kier molecular flexibility index (Phi) is 6.45. The molecule has 0 unspecified atom stereocenters. The van der Waals surface area contributed by atoms with Crippen molar-refractivity contribution in [2.45, 2.75) is 0 Å². The van der Waals surface area contributed by atoms with Crippen molar-refractivity contribution in [3.63, 3.8) is 0 Å². The fourth-order valence-corrected chi connectivity index (χ4v) is 4.75. The van der Waals surface area contributed by atoms with Crippen LogP contribution >= 0.6 is 0 Å². The van der Waals surface area contributed by atoms with Gasteiger partial charge in [0.1, 0.15) is 17.7 Å². The maximum absolute atomic E-state index is 13.3. The Morgan fingerprint density at radius 1 is 0.923 bits per heavy atom. The molecule has 6 heterocycles. The van der Waals surface area contributed by atoms with Gasteiger partial charge >= 0.3 is 0 Å². The standard InChI is InChI=1S/C29H24FN9/c1-36-19-25(17-34-36)23-12-27(29-24(13-31)16-35-39(29)20-23)22-4-5-28(33-15-22)38-9-7-37(8-10-38)6-2-3-21-11-26(30)18-32-14-21/h4-5,11-12,14-20H,6-10H2,1H3. The monoisotopic (exact) mass is 517 g/mol. The van der Waals surface area contributed by atoms with Gasteiger partial charge in [0.25, 0.3) is 0 Å². The molecule has 0 radical (unpaired) electrons. The molecule has 0 N–H and O–H groups in total. The second kappa shape index (κ2) is 10.4. The Bertz CT molecular complexity index is 1740. The summed E-state index contributed by atoms with van der Waals surface area (Å²) in [6.45, 7) is 3.99. The number of hydrogen-bond acceptors (Lipinski definition) is 7. The number of fused-ring (bicyclic) bond motifs is 1. The van der Waals surface area contributed by atoms with Crippen LogP contribution in [0.2, 0.25) is 0 Å². The molecule has 39 heavy (non-hydrogen) atoms. The first-order chi connectivity index (χ1) is 19.1. The molecule has 0 amide bonds. The fraction of sp³-hybridized carbons (Fsp3) is 0.207. The van der Waals surface area contributed by atoms with Gasteiger partial charge in [-0.2, -0.15) is 15.5 Å². The van der Waals surface area contributed by atoms with Crippen molar-refractivity contribution in [3.8, 4) is 40.2 Å². The Labute approximate surface area is 224 Å². The van der Waals surface area contributed by atoms with Crippen LogP contribution in [0.15, 0.2) is 67.6 Å². The third-order valence-corrected chi connectivity index (χ3v) is 6.77. The maximum atomic E-state index is 13.3. The number of aryl methyl sites for hydroxylation is 1. The summed E-state index contributed by atoms with van der Waals surface area (Å²) in [6, 6.07) is 9.78. The number of piperazine rings is 1. The van der Waals surface area contributed by atoms with E-state index in [2.05, 4.69) is 49.0 Å². The van der Waals surface area contributed by atoms with E-state index in [1.807, 2.05) is 44.0 Å². The van der Waals surface area contributed by atoms with Gasteiger partial charge in [0.2, 0.25) is 0 Å². The van der Waals surface area contributed by atoms with Crippen molar-refractivity contribution >= 4 is 11.3 Å². The van der Waals surface area contributed by atoms with Crippen LogP contribution in [-0.2, 0) is 7.05 Å². The molecule has 6 rings (SSSR count). The first kappa shape index (κ1) is 24.3. The zero-order valence-electron chi connectivity index (χ0n) is 21.3. The topological polar surface area (TPSA) is 91.2 Å². The van der Waals surface area contributed by atoms with Gasteiger partial charge in [-0.1, -0.05) is 11.8 Å². The number of hydrogen-bond donors (Lipinski definition) is 0. The minimum absolute atomic E-state index is 0.379. The van der Waals surface area contributed by atoms with Crippen LogP contribution in [0.5, 0.6) is 0 Å². The highest BCUT2D eigenvalue weighted by Gasteiger charge is 2.19. The summed E-state index contributed by atoms with van der Waals surface area (Å²) in [7, 11) is 1.88. The first-order valence-corrected chi connectivity index (χ1v) is 12.5. The zero-order chi connectivity index (χ0) is 26.8. The van der Waals surface area contributed by atoms with Crippen LogP contribution in [0, 0.1) is 29.0 Å². The second-order valence-corrected chi connectivity index (χ2v) is 9.37. The number of anilines is 1. The number of nitriles is 1. The van der Waals surface area contributed by atoms with Crippen molar-refractivity contribution < 1.29 is 4.39 Å². The summed E-state index contributed by atoms with van der Waals surface area (Å²) in [4.78, 5) is 13.1. The maximum Gasteiger partial charge on any atom is 0.142 e. The highest BCUT2D eigenvalue weighted by Crippen LogP contribution is 2.32. The molecule has 1 aliphatic rings. The Hall–Kier alpha value is -5.06. The molecule has 0 saturated carbocycles. The van der Waals surface area contributed by atoms with Gasteiger partial charge in [0.05, 0.1) is 36.2 Å². The lowest BCUT2D eigenvalue weighted by Crippen LogP contribution is -2.46. The van der Waals surface area contributed by atoms with Crippen LogP contribution < -0.4 is 4.90 Å². The molecule has 0 atom stereocenters. The third kappa shape index (κ3) is 5.06. The van der Waals surface area contributed by atoms with Crippen molar-refractivity contribution in [2.75, 3.05) is 37.6 Å². The summed E-state index contributed by atoms with van der Waals surface area (Å²) < 4.78 is 16.8. The van der Waals surface area contributed by atoms with Crippen molar-refractivity contribution in [1.82, 2.24) is 34.3 Å². The van der Waals surface area contributed by atoms with Crippen LogP contribution in [0.25, 0.3) is 27.8 Å². The van der Waals surface area contributed by atoms with Gasteiger partial charge in [0.15, 0.2) is 0 Å². The van der Waals surface area contributed by atoms with Crippen molar-refractivity contribution in [3.05, 3.63) is 84.6 Å². The van der Waals surface area contributed by atoms with Crippen LogP contribution in [-0.4, -0.2) is 67.0 Å². The number of halogens is 1. The van der Waals surface area contributed by atoms with Gasteiger partial charge in [-0.3, -0.25) is 14.6 Å². The smallest absolute Gasteiger partial charge is 0.142 e. The van der Waals surface area contributed by atoms with Gasteiger partial charge in [-0.05, 0) is 24.3 Å². The van der Waals surface area contributed by atoms with Gasteiger partial charge < -0.3 is 4.90 Å². The number of rotatable bonds is 4.